The molecule has 1 rings (SSSR count). The summed E-state index contributed by atoms with van der Waals surface area (Å²) in [7, 11) is 1.84. The SMILES string of the molecule is Cn1c[n+](CCN=[N+]=[N-])cn1. The highest BCUT2D eigenvalue weighted by molar-refractivity contribution is 4.42. The maximum absolute atomic E-state index is 7.98. The summed E-state index contributed by atoms with van der Waals surface area (Å²) in [5.74, 6) is 0. The third kappa shape index (κ3) is 2.27. The molecule has 0 aliphatic carbocycles. The van der Waals surface area contributed by atoms with Gasteiger partial charge in [-0.15, -0.1) is 4.68 Å². The van der Waals surface area contributed by atoms with Crippen LogP contribution in [-0.2, 0) is 13.6 Å². The molecule has 0 bridgehead atoms. The number of aryl methyl sites for hydroxylation is 1. The number of azide groups is 1. The number of aromatic nitrogens is 3. The standard InChI is InChI=1S/C5H9N6/c1-10-5-11(4-8-10)3-2-7-9-6/h4-5H,2-3H2,1H3/q+1. The van der Waals surface area contributed by atoms with E-state index < -0.39 is 0 Å². The number of nitrogens with zero attached hydrogens (tertiary/aromatic N) is 6. The zero-order valence-electron chi connectivity index (χ0n) is 6.25. The van der Waals surface area contributed by atoms with E-state index >= 15 is 0 Å². The van der Waals surface area contributed by atoms with E-state index in [1.165, 1.54) is 0 Å². The first-order chi connectivity index (χ1) is 5.33. The normalized spacial score (nSPS) is 9.18. The Labute approximate surface area is 63.7 Å². The van der Waals surface area contributed by atoms with E-state index in [4.69, 9.17) is 5.53 Å². The van der Waals surface area contributed by atoms with Gasteiger partial charge in [0.2, 0.25) is 6.33 Å². The van der Waals surface area contributed by atoms with Crippen LogP contribution < -0.4 is 4.57 Å². The molecule has 0 aliphatic rings. The number of hydrogen-bond acceptors (Lipinski definition) is 2. The van der Waals surface area contributed by atoms with Gasteiger partial charge in [0.25, 0.3) is 6.33 Å². The molecule has 0 amide bonds. The molecular formula is C5H9N6+. The summed E-state index contributed by atoms with van der Waals surface area (Å²) in [6, 6.07) is 0. The first kappa shape index (κ1) is 7.56. The molecule has 11 heavy (non-hydrogen) atoms. The van der Waals surface area contributed by atoms with Crippen molar-refractivity contribution >= 4 is 0 Å². The van der Waals surface area contributed by atoms with Crippen LogP contribution in [0.15, 0.2) is 17.8 Å². The third-order valence-corrected chi connectivity index (χ3v) is 1.22. The lowest BCUT2D eigenvalue weighted by atomic mass is 10.6. The van der Waals surface area contributed by atoms with E-state index in [1.54, 1.807) is 11.0 Å². The van der Waals surface area contributed by atoms with Crippen molar-refractivity contribution < 1.29 is 4.57 Å². The second-order valence-corrected chi connectivity index (χ2v) is 2.11. The Morgan fingerprint density at radius 2 is 2.64 bits per heavy atom. The van der Waals surface area contributed by atoms with Crippen molar-refractivity contribution in [3.8, 4) is 0 Å². The smallest absolute Gasteiger partial charge is 0.237 e. The van der Waals surface area contributed by atoms with Crippen LogP contribution in [0.3, 0.4) is 0 Å². The first-order valence-corrected chi connectivity index (χ1v) is 3.21. The lowest BCUT2D eigenvalue weighted by molar-refractivity contribution is -0.695. The Morgan fingerprint density at radius 3 is 3.18 bits per heavy atom. The average molecular weight is 153 g/mol. The van der Waals surface area contributed by atoms with Crippen LogP contribution in [0.4, 0.5) is 0 Å². The average Bonchev–Trinajstić information content (AvgIpc) is 2.37. The molecular weight excluding hydrogens is 144 g/mol. The predicted octanol–water partition coefficient (Wildman–Crippen LogP) is 0.0179. The Balaban J connectivity index is 2.44. The monoisotopic (exact) mass is 153 g/mol. The number of hydrogen-bond donors (Lipinski definition) is 0. The van der Waals surface area contributed by atoms with Gasteiger partial charge >= 0.3 is 0 Å². The van der Waals surface area contributed by atoms with E-state index in [9.17, 15) is 0 Å². The summed E-state index contributed by atoms with van der Waals surface area (Å²) in [6.45, 7) is 1.14. The van der Waals surface area contributed by atoms with Crippen LogP contribution in [0.1, 0.15) is 0 Å². The maximum atomic E-state index is 7.98. The second-order valence-electron chi connectivity index (χ2n) is 2.11. The molecule has 1 aromatic rings. The van der Waals surface area contributed by atoms with Crippen LogP contribution in [0.2, 0.25) is 0 Å². The number of rotatable bonds is 3. The Bertz CT molecular complexity index is 270. The van der Waals surface area contributed by atoms with Gasteiger partial charge in [-0.1, -0.05) is 5.11 Å². The molecule has 1 aromatic heterocycles. The fourth-order valence-electron chi connectivity index (χ4n) is 0.742. The molecule has 6 heteroatoms. The molecule has 0 saturated carbocycles. The third-order valence-electron chi connectivity index (χ3n) is 1.22. The fraction of sp³-hybridized carbons (Fsp3) is 0.600. The van der Waals surface area contributed by atoms with Crippen molar-refractivity contribution in [1.29, 1.82) is 0 Å². The van der Waals surface area contributed by atoms with Crippen molar-refractivity contribution in [2.24, 2.45) is 12.2 Å². The summed E-state index contributed by atoms with van der Waals surface area (Å²) in [5, 5.41) is 7.34. The Morgan fingerprint density at radius 1 is 1.82 bits per heavy atom. The van der Waals surface area contributed by atoms with Gasteiger partial charge in [0, 0.05) is 10.0 Å². The second kappa shape index (κ2) is 3.58. The van der Waals surface area contributed by atoms with Gasteiger partial charge in [0.15, 0.2) is 0 Å². The molecule has 0 saturated heterocycles. The van der Waals surface area contributed by atoms with Crippen LogP contribution in [0.25, 0.3) is 10.4 Å². The highest BCUT2D eigenvalue weighted by Crippen LogP contribution is 1.73. The molecule has 0 spiro atoms. The first-order valence-electron chi connectivity index (χ1n) is 3.21. The van der Waals surface area contributed by atoms with Crippen molar-refractivity contribution in [2.75, 3.05) is 6.54 Å². The highest BCUT2D eigenvalue weighted by atomic mass is 15.3. The zero-order valence-corrected chi connectivity index (χ0v) is 6.25. The van der Waals surface area contributed by atoms with Gasteiger partial charge in [-0.05, 0) is 5.53 Å². The minimum Gasteiger partial charge on any atom is -0.237 e. The maximum Gasteiger partial charge on any atom is 0.265 e. The lowest BCUT2D eigenvalue weighted by Gasteiger charge is -1.86. The Hall–Kier alpha value is -1.55. The van der Waals surface area contributed by atoms with Crippen LogP contribution in [0, 0.1) is 0 Å². The zero-order chi connectivity index (χ0) is 8.10. The molecule has 0 N–H and O–H groups in total. The topological polar surface area (TPSA) is 70.5 Å². The van der Waals surface area contributed by atoms with Crippen LogP contribution >= 0.6 is 0 Å². The van der Waals surface area contributed by atoms with Gasteiger partial charge in [-0.3, -0.25) is 0 Å². The quantitative estimate of drug-likeness (QED) is 0.261. The van der Waals surface area contributed by atoms with E-state index in [0.717, 1.165) is 0 Å². The van der Waals surface area contributed by atoms with E-state index in [2.05, 4.69) is 15.1 Å². The van der Waals surface area contributed by atoms with Crippen molar-refractivity contribution in [2.45, 2.75) is 6.54 Å². The summed E-state index contributed by atoms with van der Waals surface area (Å²) in [4.78, 5) is 2.64. The molecule has 0 aromatic carbocycles. The summed E-state index contributed by atoms with van der Waals surface area (Å²) >= 11 is 0. The molecule has 1 heterocycles. The van der Waals surface area contributed by atoms with Crippen molar-refractivity contribution in [3.05, 3.63) is 23.1 Å². The lowest BCUT2D eigenvalue weighted by Crippen LogP contribution is -2.32. The van der Waals surface area contributed by atoms with Crippen molar-refractivity contribution in [1.82, 2.24) is 9.78 Å². The highest BCUT2D eigenvalue weighted by Gasteiger charge is 1.98. The molecule has 0 aliphatic heterocycles. The molecule has 0 radical (unpaired) electrons. The molecule has 6 nitrogen and oxygen atoms in total. The van der Waals surface area contributed by atoms with Crippen LogP contribution in [-0.4, -0.2) is 16.3 Å². The molecule has 0 fully saturated rings. The van der Waals surface area contributed by atoms with E-state index in [0.29, 0.717) is 13.1 Å². The Kier molecular flexibility index (Phi) is 2.46. The van der Waals surface area contributed by atoms with Gasteiger partial charge in [0.1, 0.15) is 0 Å². The minimum atomic E-state index is 0.465. The summed E-state index contributed by atoms with van der Waals surface area (Å²) in [5.41, 5.74) is 7.98. The summed E-state index contributed by atoms with van der Waals surface area (Å²) in [6.07, 6.45) is 3.51. The molecule has 58 valence electrons. The van der Waals surface area contributed by atoms with Crippen LogP contribution in [0.5, 0.6) is 0 Å². The van der Waals surface area contributed by atoms with E-state index in [1.807, 2.05) is 17.9 Å². The minimum absolute atomic E-state index is 0.465. The predicted molar refractivity (Wildman–Crippen MR) is 37.4 cm³/mol. The summed E-state index contributed by atoms with van der Waals surface area (Å²) < 4.78 is 3.55. The van der Waals surface area contributed by atoms with Crippen molar-refractivity contribution in [3.63, 3.8) is 0 Å². The largest absolute Gasteiger partial charge is 0.265 e. The van der Waals surface area contributed by atoms with E-state index in [-0.39, 0.29) is 0 Å². The fourth-order valence-corrected chi connectivity index (χ4v) is 0.742. The van der Waals surface area contributed by atoms with Gasteiger partial charge in [-0.25, -0.2) is 4.57 Å². The van der Waals surface area contributed by atoms with Gasteiger partial charge in [0.05, 0.1) is 20.1 Å². The van der Waals surface area contributed by atoms with Gasteiger partial charge < -0.3 is 0 Å². The van der Waals surface area contributed by atoms with Gasteiger partial charge in [-0.2, -0.15) is 0 Å². The molecule has 0 unspecified atom stereocenters. The molecule has 0 atom stereocenters.